The van der Waals surface area contributed by atoms with Crippen LogP contribution in [0.25, 0.3) is 0 Å². The minimum Gasteiger partial charge on any atom is -0.353 e. The number of rotatable bonds is 8. The SMILES string of the molecule is NCCCCCCC(=O)NC1CCN(c2ncccc2Cl)C1. The molecule has 1 fully saturated rings. The van der Waals surface area contributed by atoms with Crippen molar-refractivity contribution in [3.63, 3.8) is 0 Å². The van der Waals surface area contributed by atoms with Crippen molar-refractivity contribution in [3.8, 4) is 0 Å². The third-order valence-corrected chi connectivity index (χ3v) is 4.24. The third kappa shape index (κ3) is 5.14. The van der Waals surface area contributed by atoms with E-state index >= 15 is 0 Å². The highest BCUT2D eigenvalue weighted by Crippen LogP contribution is 2.25. The van der Waals surface area contributed by atoms with Crippen LogP contribution in [0.2, 0.25) is 5.02 Å². The number of carbonyl (C=O) groups is 1. The van der Waals surface area contributed by atoms with E-state index in [2.05, 4.69) is 15.2 Å². The van der Waals surface area contributed by atoms with Crippen LogP contribution in [0.3, 0.4) is 0 Å². The van der Waals surface area contributed by atoms with Gasteiger partial charge in [0.05, 0.1) is 5.02 Å². The van der Waals surface area contributed by atoms with E-state index in [-0.39, 0.29) is 11.9 Å². The molecule has 1 aliphatic heterocycles. The lowest BCUT2D eigenvalue weighted by Gasteiger charge is -2.18. The summed E-state index contributed by atoms with van der Waals surface area (Å²) in [6.45, 7) is 2.38. The lowest BCUT2D eigenvalue weighted by Crippen LogP contribution is -2.37. The number of carbonyl (C=O) groups excluding carboxylic acids is 1. The second-order valence-corrected chi connectivity index (χ2v) is 6.17. The number of nitrogens with zero attached hydrogens (tertiary/aromatic N) is 2. The molecule has 1 unspecified atom stereocenters. The van der Waals surface area contributed by atoms with Crippen molar-refractivity contribution in [2.24, 2.45) is 5.73 Å². The molecule has 1 aromatic rings. The molecule has 1 saturated heterocycles. The molecule has 0 saturated carbocycles. The van der Waals surface area contributed by atoms with Crippen molar-refractivity contribution >= 4 is 23.3 Å². The molecule has 0 spiro atoms. The quantitative estimate of drug-likeness (QED) is 0.720. The monoisotopic (exact) mass is 324 g/mol. The molecule has 22 heavy (non-hydrogen) atoms. The van der Waals surface area contributed by atoms with Gasteiger partial charge in [0.15, 0.2) is 0 Å². The minimum absolute atomic E-state index is 0.145. The van der Waals surface area contributed by atoms with Gasteiger partial charge in [-0.2, -0.15) is 0 Å². The number of amides is 1. The van der Waals surface area contributed by atoms with Gasteiger partial charge in [-0.25, -0.2) is 4.98 Å². The summed E-state index contributed by atoms with van der Waals surface area (Å²) in [7, 11) is 0. The fraction of sp³-hybridized carbons (Fsp3) is 0.625. The highest BCUT2D eigenvalue weighted by molar-refractivity contribution is 6.32. The number of anilines is 1. The number of unbranched alkanes of at least 4 members (excludes halogenated alkanes) is 3. The first-order valence-electron chi connectivity index (χ1n) is 8.05. The van der Waals surface area contributed by atoms with Gasteiger partial charge in [0.25, 0.3) is 0 Å². The van der Waals surface area contributed by atoms with E-state index in [9.17, 15) is 4.79 Å². The third-order valence-electron chi connectivity index (χ3n) is 3.95. The normalized spacial score (nSPS) is 17.7. The van der Waals surface area contributed by atoms with Crippen LogP contribution in [-0.2, 0) is 4.79 Å². The molecule has 5 nitrogen and oxygen atoms in total. The molecule has 0 radical (unpaired) electrons. The van der Waals surface area contributed by atoms with Gasteiger partial charge >= 0.3 is 0 Å². The lowest BCUT2D eigenvalue weighted by molar-refractivity contribution is -0.121. The van der Waals surface area contributed by atoms with E-state index in [0.717, 1.165) is 57.6 Å². The first-order chi connectivity index (χ1) is 10.7. The molecule has 1 aromatic heterocycles. The molecule has 122 valence electrons. The second kappa shape index (κ2) is 8.96. The van der Waals surface area contributed by atoms with Crippen molar-refractivity contribution in [1.82, 2.24) is 10.3 Å². The molecule has 3 N–H and O–H groups in total. The summed E-state index contributed by atoms with van der Waals surface area (Å²) in [5, 5.41) is 3.77. The van der Waals surface area contributed by atoms with Crippen molar-refractivity contribution in [3.05, 3.63) is 23.4 Å². The predicted molar refractivity (Wildman–Crippen MR) is 90.1 cm³/mol. The van der Waals surface area contributed by atoms with Crippen LogP contribution < -0.4 is 16.0 Å². The van der Waals surface area contributed by atoms with Crippen LogP contribution in [0, 0.1) is 0 Å². The number of aromatic nitrogens is 1. The summed E-state index contributed by atoms with van der Waals surface area (Å²) in [5.74, 6) is 0.953. The maximum atomic E-state index is 11.9. The highest BCUT2D eigenvalue weighted by Gasteiger charge is 2.25. The Labute approximate surface area is 137 Å². The summed E-state index contributed by atoms with van der Waals surface area (Å²) >= 11 is 6.17. The van der Waals surface area contributed by atoms with Crippen molar-refractivity contribution in [2.75, 3.05) is 24.5 Å². The summed E-state index contributed by atoms with van der Waals surface area (Å²) in [5.41, 5.74) is 5.45. The van der Waals surface area contributed by atoms with Gasteiger partial charge in [-0.05, 0) is 37.9 Å². The fourth-order valence-electron chi connectivity index (χ4n) is 2.76. The number of halogens is 1. The van der Waals surface area contributed by atoms with Crippen LogP contribution in [0.1, 0.15) is 38.5 Å². The zero-order valence-electron chi connectivity index (χ0n) is 12.9. The summed E-state index contributed by atoms with van der Waals surface area (Å²) in [4.78, 5) is 18.4. The molecule has 2 rings (SSSR count). The Balaban J connectivity index is 1.70. The lowest BCUT2D eigenvalue weighted by atomic mass is 10.1. The molecular formula is C16H25ClN4O. The van der Waals surface area contributed by atoms with Gasteiger partial charge in [0.1, 0.15) is 5.82 Å². The smallest absolute Gasteiger partial charge is 0.220 e. The zero-order valence-corrected chi connectivity index (χ0v) is 13.7. The van der Waals surface area contributed by atoms with Gasteiger partial charge < -0.3 is 16.0 Å². The largest absolute Gasteiger partial charge is 0.353 e. The fourth-order valence-corrected chi connectivity index (χ4v) is 3.00. The Morgan fingerprint density at radius 2 is 2.23 bits per heavy atom. The minimum atomic E-state index is 0.145. The van der Waals surface area contributed by atoms with Crippen LogP contribution in [-0.4, -0.2) is 36.6 Å². The molecule has 0 bridgehead atoms. The number of nitrogens with two attached hydrogens (primary N) is 1. The molecule has 1 atom stereocenters. The van der Waals surface area contributed by atoms with E-state index in [1.807, 2.05) is 12.1 Å². The van der Waals surface area contributed by atoms with Crippen LogP contribution in [0.4, 0.5) is 5.82 Å². The zero-order chi connectivity index (χ0) is 15.8. The Morgan fingerprint density at radius 1 is 1.41 bits per heavy atom. The van der Waals surface area contributed by atoms with E-state index in [0.29, 0.717) is 11.4 Å². The van der Waals surface area contributed by atoms with Crippen LogP contribution in [0.5, 0.6) is 0 Å². The van der Waals surface area contributed by atoms with Gasteiger partial charge in [-0.15, -0.1) is 0 Å². The average molecular weight is 325 g/mol. The van der Waals surface area contributed by atoms with E-state index in [1.54, 1.807) is 6.20 Å². The number of pyridine rings is 1. The van der Waals surface area contributed by atoms with Crippen molar-refractivity contribution in [2.45, 2.75) is 44.6 Å². The molecule has 2 heterocycles. The molecule has 0 aliphatic carbocycles. The average Bonchev–Trinajstić information content (AvgIpc) is 2.95. The molecule has 0 aromatic carbocycles. The van der Waals surface area contributed by atoms with Crippen LogP contribution in [0.15, 0.2) is 18.3 Å². The molecular weight excluding hydrogens is 300 g/mol. The van der Waals surface area contributed by atoms with E-state index in [4.69, 9.17) is 17.3 Å². The Hall–Kier alpha value is -1.33. The highest BCUT2D eigenvalue weighted by atomic mass is 35.5. The van der Waals surface area contributed by atoms with Crippen molar-refractivity contribution in [1.29, 1.82) is 0 Å². The second-order valence-electron chi connectivity index (χ2n) is 5.76. The first-order valence-corrected chi connectivity index (χ1v) is 8.43. The number of nitrogens with one attached hydrogen (secondary N) is 1. The first kappa shape index (κ1) is 17.0. The topological polar surface area (TPSA) is 71.2 Å². The van der Waals surface area contributed by atoms with Gasteiger partial charge in [0, 0.05) is 31.7 Å². The maximum absolute atomic E-state index is 11.9. The van der Waals surface area contributed by atoms with Gasteiger partial charge in [-0.3, -0.25) is 4.79 Å². The Morgan fingerprint density at radius 3 is 3.00 bits per heavy atom. The summed E-state index contributed by atoms with van der Waals surface area (Å²) < 4.78 is 0. The van der Waals surface area contributed by atoms with E-state index in [1.165, 1.54) is 0 Å². The number of hydrogen-bond donors (Lipinski definition) is 2. The molecule has 6 heteroatoms. The van der Waals surface area contributed by atoms with E-state index < -0.39 is 0 Å². The van der Waals surface area contributed by atoms with Crippen LogP contribution >= 0.6 is 11.6 Å². The molecule has 1 amide bonds. The number of hydrogen-bond acceptors (Lipinski definition) is 4. The standard InChI is InChI=1S/C16H25ClN4O/c17-14-6-5-10-19-16(14)21-11-8-13(12-21)20-15(22)7-3-1-2-4-9-18/h5-6,10,13H,1-4,7-9,11-12,18H2,(H,20,22). The predicted octanol–water partition coefficient (Wildman–Crippen LogP) is 2.34. The Bertz CT molecular complexity index is 483. The van der Waals surface area contributed by atoms with Gasteiger partial charge in [-0.1, -0.05) is 24.4 Å². The molecule has 1 aliphatic rings. The maximum Gasteiger partial charge on any atom is 0.220 e. The summed E-state index contributed by atoms with van der Waals surface area (Å²) in [6, 6.07) is 3.86. The Kier molecular flexibility index (Phi) is 6.93. The van der Waals surface area contributed by atoms with Crippen molar-refractivity contribution < 1.29 is 4.79 Å². The van der Waals surface area contributed by atoms with Gasteiger partial charge in [0.2, 0.25) is 5.91 Å². The summed E-state index contributed by atoms with van der Waals surface area (Å²) in [6.07, 6.45) is 7.45.